The smallest absolute Gasteiger partial charge is 0.223 e. The molecule has 0 N–H and O–H groups in total. The van der Waals surface area contributed by atoms with E-state index in [4.69, 9.17) is 21.7 Å². The minimum atomic E-state index is 0.0276. The van der Waals surface area contributed by atoms with Crippen molar-refractivity contribution in [1.82, 2.24) is 24.6 Å². The molecule has 1 amide bonds. The van der Waals surface area contributed by atoms with Crippen LogP contribution in [-0.4, -0.2) is 37.1 Å². The fourth-order valence-corrected chi connectivity index (χ4v) is 3.83. The van der Waals surface area contributed by atoms with Gasteiger partial charge in [0.25, 0.3) is 0 Å². The Labute approximate surface area is 168 Å². The number of carbonyl (C=O) groups is 1. The molecule has 1 aliphatic carbocycles. The highest BCUT2D eigenvalue weighted by atomic mass is 35.5. The van der Waals surface area contributed by atoms with Crippen molar-refractivity contribution < 1.29 is 4.79 Å². The van der Waals surface area contributed by atoms with Gasteiger partial charge in [-0.1, -0.05) is 17.7 Å². The Bertz CT molecular complexity index is 997. The molecule has 2 aliphatic rings. The molecule has 1 saturated heterocycles. The second-order valence-electron chi connectivity index (χ2n) is 7.53. The van der Waals surface area contributed by atoms with Crippen LogP contribution in [0.25, 0.3) is 5.69 Å². The van der Waals surface area contributed by atoms with Gasteiger partial charge in [-0.05, 0) is 48.7 Å². The van der Waals surface area contributed by atoms with E-state index in [9.17, 15) is 4.79 Å². The van der Waals surface area contributed by atoms with Crippen LogP contribution in [0, 0.1) is 0 Å². The van der Waals surface area contributed by atoms with Gasteiger partial charge in [0.2, 0.25) is 5.91 Å². The second kappa shape index (κ2) is 7.02. The monoisotopic (exact) mass is 393 g/mol. The summed E-state index contributed by atoms with van der Waals surface area (Å²) in [4.78, 5) is 23.5. The van der Waals surface area contributed by atoms with Gasteiger partial charge in [0.15, 0.2) is 5.82 Å². The summed E-state index contributed by atoms with van der Waals surface area (Å²) in [7, 11) is 0. The summed E-state index contributed by atoms with van der Waals surface area (Å²) in [5.41, 5.74) is 1.96. The number of halogens is 1. The number of hydrogen-bond donors (Lipinski definition) is 0. The third-order valence-corrected chi connectivity index (χ3v) is 5.59. The van der Waals surface area contributed by atoms with E-state index in [1.807, 2.05) is 52.2 Å². The lowest BCUT2D eigenvalue weighted by Gasteiger charge is -2.16. The number of pyridine rings is 1. The Morgan fingerprint density at radius 2 is 1.93 bits per heavy atom. The van der Waals surface area contributed by atoms with Crippen molar-refractivity contribution in [1.29, 1.82) is 0 Å². The van der Waals surface area contributed by atoms with E-state index in [0.29, 0.717) is 30.5 Å². The molecule has 6 nitrogen and oxygen atoms in total. The van der Waals surface area contributed by atoms with E-state index in [1.165, 1.54) is 0 Å². The average Bonchev–Trinajstić information content (AvgIpc) is 3.37. The predicted molar refractivity (Wildman–Crippen MR) is 105 cm³/mol. The quantitative estimate of drug-likeness (QED) is 0.662. The van der Waals surface area contributed by atoms with Crippen LogP contribution >= 0.6 is 11.6 Å². The Balaban J connectivity index is 1.44. The van der Waals surface area contributed by atoms with Crippen LogP contribution in [0.1, 0.15) is 48.3 Å². The summed E-state index contributed by atoms with van der Waals surface area (Å²) in [6.07, 6.45) is 6.28. The number of likely N-dealkylation sites (tertiary alicyclic amines) is 1. The summed E-state index contributed by atoms with van der Waals surface area (Å²) in [6, 6.07) is 11.5. The molecule has 5 rings (SSSR count). The molecule has 0 spiro atoms. The predicted octanol–water partition coefficient (Wildman–Crippen LogP) is 3.71. The first-order valence-electron chi connectivity index (χ1n) is 9.57. The van der Waals surface area contributed by atoms with E-state index in [0.717, 1.165) is 35.7 Å². The van der Waals surface area contributed by atoms with E-state index in [2.05, 4.69) is 4.98 Å². The number of carbonyl (C=O) groups excluding carboxylic acids is 1. The first kappa shape index (κ1) is 17.4. The van der Waals surface area contributed by atoms with Crippen LogP contribution < -0.4 is 0 Å². The van der Waals surface area contributed by atoms with Gasteiger partial charge in [0.05, 0.1) is 5.69 Å². The first-order chi connectivity index (χ1) is 13.7. The molecular weight excluding hydrogens is 374 g/mol. The lowest BCUT2D eigenvalue weighted by Crippen LogP contribution is -2.24. The molecule has 1 saturated carbocycles. The Morgan fingerprint density at radius 1 is 1.11 bits per heavy atom. The van der Waals surface area contributed by atoms with Gasteiger partial charge in [-0.3, -0.25) is 9.78 Å². The standard InChI is InChI=1S/C21H20ClN5O/c22-17-5-7-18(8-6-17)27-21(24-20(25-27)15-3-4-15)16-10-19(28)26(13-16)12-14-2-1-9-23-11-14/h1-2,5-9,11,15-16H,3-4,10,12-13H2. The number of aromatic nitrogens is 4. The average molecular weight is 394 g/mol. The second-order valence-corrected chi connectivity index (χ2v) is 7.96. The molecule has 0 radical (unpaired) electrons. The highest BCUT2D eigenvalue weighted by Gasteiger charge is 2.36. The summed E-state index contributed by atoms with van der Waals surface area (Å²) < 4.78 is 1.90. The molecule has 1 unspecified atom stereocenters. The number of nitrogens with zero attached hydrogens (tertiary/aromatic N) is 5. The van der Waals surface area contributed by atoms with E-state index in [1.54, 1.807) is 6.20 Å². The zero-order valence-corrected chi connectivity index (χ0v) is 16.1. The molecule has 7 heteroatoms. The summed E-state index contributed by atoms with van der Waals surface area (Å²) in [5, 5.41) is 5.46. The van der Waals surface area contributed by atoms with Crippen LogP contribution in [0.15, 0.2) is 48.8 Å². The molecule has 1 aromatic carbocycles. The number of rotatable bonds is 5. The summed E-state index contributed by atoms with van der Waals surface area (Å²) >= 11 is 6.05. The third-order valence-electron chi connectivity index (χ3n) is 5.34. The summed E-state index contributed by atoms with van der Waals surface area (Å²) in [6.45, 7) is 1.22. The van der Waals surface area contributed by atoms with Crippen LogP contribution in [0.4, 0.5) is 0 Å². The van der Waals surface area contributed by atoms with Gasteiger partial charge < -0.3 is 4.90 Å². The highest BCUT2D eigenvalue weighted by Crippen LogP contribution is 2.40. The molecule has 0 bridgehead atoms. The van der Waals surface area contributed by atoms with Crippen LogP contribution in [0.2, 0.25) is 5.02 Å². The minimum absolute atomic E-state index is 0.0276. The SMILES string of the molecule is O=C1CC(c2nc(C3CC3)nn2-c2ccc(Cl)cc2)CN1Cc1cccnc1. The highest BCUT2D eigenvalue weighted by molar-refractivity contribution is 6.30. The zero-order valence-electron chi connectivity index (χ0n) is 15.3. The van der Waals surface area contributed by atoms with Gasteiger partial charge in [0.1, 0.15) is 5.82 Å². The number of hydrogen-bond acceptors (Lipinski definition) is 4. The van der Waals surface area contributed by atoms with Crippen molar-refractivity contribution in [3.8, 4) is 5.69 Å². The van der Waals surface area contributed by atoms with Gasteiger partial charge >= 0.3 is 0 Å². The number of benzene rings is 1. The first-order valence-corrected chi connectivity index (χ1v) is 9.94. The maximum atomic E-state index is 12.6. The number of amides is 1. The Morgan fingerprint density at radius 3 is 2.64 bits per heavy atom. The van der Waals surface area contributed by atoms with Crippen molar-refractivity contribution in [2.24, 2.45) is 0 Å². The van der Waals surface area contributed by atoms with Crippen molar-refractivity contribution in [2.75, 3.05) is 6.54 Å². The zero-order chi connectivity index (χ0) is 19.1. The molecule has 3 heterocycles. The van der Waals surface area contributed by atoms with Gasteiger partial charge in [-0.15, -0.1) is 0 Å². The van der Waals surface area contributed by atoms with E-state index < -0.39 is 0 Å². The lowest BCUT2D eigenvalue weighted by molar-refractivity contribution is -0.128. The minimum Gasteiger partial charge on any atom is -0.338 e. The maximum Gasteiger partial charge on any atom is 0.223 e. The summed E-state index contributed by atoms with van der Waals surface area (Å²) in [5.74, 6) is 2.39. The molecule has 28 heavy (non-hydrogen) atoms. The van der Waals surface area contributed by atoms with Gasteiger partial charge in [-0.2, -0.15) is 5.10 Å². The third kappa shape index (κ3) is 3.40. The maximum absolute atomic E-state index is 12.6. The molecule has 1 atom stereocenters. The normalized spacial score (nSPS) is 19.4. The van der Waals surface area contributed by atoms with Crippen LogP contribution in [0.3, 0.4) is 0 Å². The van der Waals surface area contributed by atoms with E-state index >= 15 is 0 Å². The van der Waals surface area contributed by atoms with Gasteiger partial charge in [-0.25, -0.2) is 9.67 Å². The molecule has 2 aromatic heterocycles. The van der Waals surface area contributed by atoms with Crippen molar-refractivity contribution in [2.45, 2.75) is 37.6 Å². The van der Waals surface area contributed by atoms with Crippen molar-refractivity contribution >= 4 is 17.5 Å². The fraction of sp³-hybridized carbons (Fsp3) is 0.333. The van der Waals surface area contributed by atoms with Gasteiger partial charge in [0, 0.05) is 48.8 Å². The van der Waals surface area contributed by atoms with Crippen LogP contribution in [0.5, 0.6) is 0 Å². The largest absolute Gasteiger partial charge is 0.338 e. The van der Waals surface area contributed by atoms with Crippen molar-refractivity contribution in [3.63, 3.8) is 0 Å². The molecule has 2 fully saturated rings. The molecular formula is C21H20ClN5O. The Kier molecular flexibility index (Phi) is 4.36. The molecule has 1 aliphatic heterocycles. The van der Waals surface area contributed by atoms with E-state index in [-0.39, 0.29) is 11.8 Å². The molecule has 3 aromatic rings. The molecule has 142 valence electrons. The van der Waals surface area contributed by atoms with Crippen LogP contribution in [-0.2, 0) is 11.3 Å². The fourth-order valence-electron chi connectivity index (χ4n) is 3.70. The Hall–Kier alpha value is -2.73. The topological polar surface area (TPSA) is 63.9 Å². The lowest BCUT2D eigenvalue weighted by atomic mass is 10.1. The van der Waals surface area contributed by atoms with Crippen molar-refractivity contribution in [3.05, 3.63) is 71.0 Å².